The third kappa shape index (κ3) is 3.80. The highest BCUT2D eigenvalue weighted by molar-refractivity contribution is 7.91. The molecule has 11 heteroatoms. The highest BCUT2D eigenvalue weighted by atomic mass is 32.2. The molecule has 0 aliphatic heterocycles. The molecule has 0 amide bonds. The number of hydrogen-bond donors (Lipinski definition) is 0. The molecular formula is C18H16F3N5O2S. The van der Waals surface area contributed by atoms with E-state index in [1.807, 2.05) is 0 Å². The zero-order chi connectivity index (χ0) is 21.6. The van der Waals surface area contributed by atoms with Gasteiger partial charge in [0.15, 0.2) is 15.7 Å². The molecule has 0 radical (unpaired) electrons. The van der Waals surface area contributed by atoms with E-state index in [9.17, 15) is 26.9 Å². The number of halogens is 3. The molecule has 3 aromatic heterocycles. The van der Waals surface area contributed by atoms with E-state index < -0.39 is 27.1 Å². The summed E-state index contributed by atoms with van der Waals surface area (Å²) in [6, 6.07) is 4.23. The monoisotopic (exact) mass is 423 g/mol. The fraction of sp³-hybridized carbons (Fsp3) is 0.333. The van der Waals surface area contributed by atoms with Crippen molar-refractivity contribution in [2.24, 2.45) is 0 Å². The Hall–Kier alpha value is -3.00. The van der Waals surface area contributed by atoms with Gasteiger partial charge in [-0.3, -0.25) is 4.98 Å². The first kappa shape index (κ1) is 20.7. The van der Waals surface area contributed by atoms with Gasteiger partial charge in [0.05, 0.1) is 22.8 Å². The van der Waals surface area contributed by atoms with Gasteiger partial charge in [0.1, 0.15) is 10.6 Å². The Labute approximate surface area is 164 Å². The van der Waals surface area contributed by atoms with Crippen LogP contribution in [0.4, 0.5) is 13.2 Å². The Morgan fingerprint density at radius 3 is 2.45 bits per heavy atom. The van der Waals surface area contributed by atoms with Crippen LogP contribution < -0.4 is 0 Å². The average Bonchev–Trinajstić information content (AvgIpc) is 3.10. The first-order chi connectivity index (χ1) is 13.4. The summed E-state index contributed by atoms with van der Waals surface area (Å²) < 4.78 is 65.0. The van der Waals surface area contributed by atoms with Gasteiger partial charge in [0.2, 0.25) is 0 Å². The maximum atomic E-state index is 12.9. The van der Waals surface area contributed by atoms with Crippen LogP contribution in [0.5, 0.6) is 0 Å². The molecule has 3 heterocycles. The van der Waals surface area contributed by atoms with Crippen LogP contribution in [0, 0.1) is 11.3 Å². The van der Waals surface area contributed by atoms with Crippen LogP contribution >= 0.6 is 0 Å². The van der Waals surface area contributed by atoms with Crippen molar-refractivity contribution in [1.82, 2.24) is 19.7 Å². The lowest BCUT2D eigenvalue weighted by atomic mass is 9.88. The summed E-state index contributed by atoms with van der Waals surface area (Å²) in [4.78, 5) is 7.39. The second-order valence-electron chi connectivity index (χ2n) is 6.89. The molecule has 0 aliphatic carbocycles. The van der Waals surface area contributed by atoms with Gasteiger partial charge < -0.3 is 0 Å². The minimum atomic E-state index is -4.63. The van der Waals surface area contributed by atoms with Crippen molar-refractivity contribution in [3.05, 3.63) is 42.0 Å². The molecule has 0 bridgehead atoms. The highest BCUT2D eigenvalue weighted by Crippen LogP contribution is 2.31. The first-order valence-corrected chi connectivity index (χ1v) is 10.1. The highest BCUT2D eigenvalue weighted by Gasteiger charge is 2.33. The standard InChI is InChI=1S/C18H16F3N5O2S/c1-4-29(27,28)14-5-12(17(2,3)10-22)8-24-16(14)26-9-11-7-23-15(18(19,20)21)6-13(11)25-26/h5-9H,4H2,1-3H3. The summed E-state index contributed by atoms with van der Waals surface area (Å²) in [5, 5.41) is 13.7. The fourth-order valence-corrected chi connectivity index (χ4v) is 3.62. The molecule has 0 saturated carbocycles. The second kappa shape index (κ2) is 6.81. The zero-order valence-corrected chi connectivity index (χ0v) is 16.5. The number of fused-ring (bicyclic) bond motifs is 1. The number of nitriles is 1. The van der Waals surface area contributed by atoms with Crippen molar-refractivity contribution in [2.45, 2.75) is 37.3 Å². The Bertz CT molecular complexity index is 1240. The number of rotatable bonds is 4. The lowest BCUT2D eigenvalue weighted by Crippen LogP contribution is -2.18. The van der Waals surface area contributed by atoms with E-state index in [-0.39, 0.29) is 22.0 Å². The molecule has 0 aromatic carbocycles. The maximum Gasteiger partial charge on any atom is 0.433 e. The van der Waals surface area contributed by atoms with E-state index in [4.69, 9.17) is 0 Å². The number of alkyl halides is 3. The summed E-state index contributed by atoms with van der Waals surface area (Å²) in [6.45, 7) is 4.71. The van der Waals surface area contributed by atoms with Crippen molar-refractivity contribution in [1.29, 1.82) is 5.26 Å². The summed E-state index contributed by atoms with van der Waals surface area (Å²) in [5.41, 5.74) is -1.69. The third-order valence-electron chi connectivity index (χ3n) is 4.45. The van der Waals surface area contributed by atoms with Gasteiger partial charge in [-0.15, -0.1) is 0 Å². The topological polar surface area (TPSA) is 102 Å². The van der Waals surface area contributed by atoms with E-state index in [1.165, 1.54) is 25.4 Å². The molecule has 0 N–H and O–H groups in total. The zero-order valence-electron chi connectivity index (χ0n) is 15.7. The Morgan fingerprint density at radius 1 is 1.17 bits per heavy atom. The van der Waals surface area contributed by atoms with Crippen molar-refractivity contribution in [3.63, 3.8) is 0 Å². The number of pyridine rings is 2. The summed E-state index contributed by atoms with van der Waals surface area (Å²) in [7, 11) is -3.77. The van der Waals surface area contributed by atoms with Crippen molar-refractivity contribution < 1.29 is 21.6 Å². The molecule has 0 saturated heterocycles. The summed E-state index contributed by atoms with van der Waals surface area (Å²) >= 11 is 0. The van der Waals surface area contributed by atoms with Crippen LogP contribution in [-0.2, 0) is 21.4 Å². The van der Waals surface area contributed by atoms with E-state index in [1.54, 1.807) is 13.8 Å². The van der Waals surface area contributed by atoms with Gasteiger partial charge in [-0.2, -0.15) is 23.5 Å². The van der Waals surface area contributed by atoms with Crippen LogP contribution in [0.2, 0.25) is 0 Å². The lowest BCUT2D eigenvalue weighted by molar-refractivity contribution is -0.141. The Balaban J connectivity index is 2.24. The van der Waals surface area contributed by atoms with Gasteiger partial charge in [-0.1, -0.05) is 6.92 Å². The molecule has 152 valence electrons. The largest absolute Gasteiger partial charge is 0.433 e. The molecule has 0 spiro atoms. The first-order valence-electron chi connectivity index (χ1n) is 8.46. The van der Waals surface area contributed by atoms with E-state index in [0.717, 1.165) is 16.9 Å². The Morgan fingerprint density at radius 2 is 1.86 bits per heavy atom. The smallest absolute Gasteiger partial charge is 0.251 e. The maximum absolute atomic E-state index is 12.9. The number of hydrogen-bond acceptors (Lipinski definition) is 6. The van der Waals surface area contributed by atoms with Crippen LogP contribution in [0.1, 0.15) is 32.0 Å². The van der Waals surface area contributed by atoms with Crippen LogP contribution in [0.3, 0.4) is 0 Å². The van der Waals surface area contributed by atoms with Crippen molar-refractivity contribution in [2.75, 3.05) is 5.75 Å². The average molecular weight is 423 g/mol. The van der Waals surface area contributed by atoms with Gasteiger partial charge >= 0.3 is 6.18 Å². The van der Waals surface area contributed by atoms with Gasteiger partial charge in [0.25, 0.3) is 0 Å². The van der Waals surface area contributed by atoms with Crippen molar-refractivity contribution in [3.8, 4) is 11.9 Å². The third-order valence-corrected chi connectivity index (χ3v) is 6.18. The predicted molar refractivity (Wildman–Crippen MR) is 98.0 cm³/mol. The molecule has 3 rings (SSSR count). The molecule has 3 aromatic rings. The molecule has 0 fully saturated rings. The minimum absolute atomic E-state index is 0.00426. The minimum Gasteiger partial charge on any atom is -0.251 e. The normalized spacial score (nSPS) is 12.9. The molecule has 0 unspecified atom stereocenters. The fourth-order valence-electron chi connectivity index (χ4n) is 2.58. The summed E-state index contributed by atoms with van der Waals surface area (Å²) in [5.74, 6) is -0.285. The Kier molecular flexibility index (Phi) is 4.86. The van der Waals surface area contributed by atoms with E-state index >= 15 is 0 Å². The van der Waals surface area contributed by atoms with Crippen LogP contribution in [0.25, 0.3) is 16.7 Å². The molecule has 29 heavy (non-hydrogen) atoms. The van der Waals surface area contributed by atoms with Crippen LogP contribution in [-0.4, -0.2) is 33.9 Å². The number of aromatic nitrogens is 4. The summed E-state index contributed by atoms with van der Waals surface area (Å²) in [6.07, 6.45) is -0.895. The number of nitrogens with zero attached hydrogens (tertiary/aromatic N) is 5. The van der Waals surface area contributed by atoms with Gasteiger partial charge in [-0.05, 0) is 31.5 Å². The SMILES string of the molecule is CCS(=O)(=O)c1cc(C(C)(C)C#N)cnc1-n1cc2cnc(C(F)(F)F)cc2n1. The molecule has 7 nitrogen and oxygen atoms in total. The molecular weight excluding hydrogens is 407 g/mol. The quantitative estimate of drug-likeness (QED) is 0.637. The van der Waals surface area contributed by atoms with Gasteiger partial charge in [-0.25, -0.2) is 18.1 Å². The second-order valence-corrected chi connectivity index (χ2v) is 9.13. The van der Waals surface area contributed by atoms with Crippen LogP contribution in [0.15, 0.2) is 35.6 Å². The predicted octanol–water partition coefficient (Wildman–Crippen LogP) is 3.43. The number of sulfone groups is 1. The molecule has 0 aliphatic rings. The van der Waals surface area contributed by atoms with Gasteiger partial charge in [0, 0.05) is 24.0 Å². The van der Waals surface area contributed by atoms with E-state index in [2.05, 4.69) is 21.1 Å². The molecule has 0 atom stereocenters. The lowest BCUT2D eigenvalue weighted by Gasteiger charge is -2.18. The van der Waals surface area contributed by atoms with Crippen molar-refractivity contribution >= 4 is 20.7 Å². The van der Waals surface area contributed by atoms with E-state index in [0.29, 0.717) is 10.9 Å².